The van der Waals surface area contributed by atoms with Crippen molar-refractivity contribution in [2.24, 2.45) is 0 Å². The first kappa shape index (κ1) is 13.0. The third-order valence-electron chi connectivity index (χ3n) is 4.13. The third-order valence-corrected chi connectivity index (χ3v) is 4.13. The lowest BCUT2D eigenvalue weighted by Crippen LogP contribution is -2.24. The summed E-state index contributed by atoms with van der Waals surface area (Å²) in [7, 11) is 1.63. The molecule has 0 radical (unpaired) electrons. The fourth-order valence-electron chi connectivity index (χ4n) is 3.07. The molecule has 0 aliphatic carbocycles. The van der Waals surface area contributed by atoms with Crippen molar-refractivity contribution in [1.82, 2.24) is 4.98 Å². The van der Waals surface area contributed by atoms with Crippen LogP contribution in [0.5, 0.6) is 5.88 Å². The van der Waals surface area contributed by atoms with Gasteiger partial charge in [-0.1, -0.05) is 0 Å². The molecular weight excluding hydrogens is 252 g/mol. The van der Waals surface area contributed by atoms with Crippen molar-refractivity contribution in [3.63, 3.8) is 0 Å². The molecule has 0 unspecified atom stereocenters. The van der Waals surface area contributed by atoms with Crippen molar-refractivity contribution in [2.45, 2.75) is 25.7 Å². The van der Waals surface area contributed by atoms with Crippen molar-refractivity contribution in [3.8, 4) is 11.9 Å². The highest BCUT2D eigenvalue weighted by Crippen LogP contribution is 2.34. The van der Waals surface area contributed by atoms with Crippen molar-refractivity contribution in [1.29, 1.82) is 5.26 Å². The zero-order chi connectivity index (χ0) is 13.9. The van der Waals surface area contributed by atoms with Gasteiger partial charge >= 0.3 is 0 Å². The smallest absolute Gasteiger partial charge is 0.217 e. The summed E-state index contributed by atoms with van der Waals surface area (Å²) in [6.07, 6.45) is 4.72. The molecule has 1 aromatic rings. The zero-order valence-corrected chi connectivity index (χ0v) is 11.9. The molecule has 0 aromatic carbocycles. The highest BCUT2D eigenvalue weighted by molar-refractivity contribution is 5.71. The molecule has 0 N–H and O–H groups in total. The fraction of sp³-hybridized carbons (Fsp3) is 0.600. The van der Waals surface area contributed by atoms with Gasteiger partial charge in [0.25, 0.3) is 0 Å². The van der Waals surface area contributed by atoms with Crippen molar-refractivity contribution >= 4 is 11.5 Å². The van der Waals surface area contributed by atoms with Gasteiger partial charge in [0, 0.05) is 32.2 Å². The Balaban J connectivity index is 2.07. The first-order valence-corrected chi connectivity index (χ1v) is 7.32. The average Bonchev–Trinajstić information content (AvgIpc) is 3.18. The van der Waals surface area contributed by atoms with Crippen LogP contribution < -0.4 is 14.5 Å². The van der Waals surface area contributed by atoms with Gasteiger partial charge in [-0.15, -0.1) is 0 Å². The van der Waals surface area contributed by atoms with Crippen LogP contribution in [0.3, 0.4) is 0 Å². The summed E-state index contributed by atoms with van der Waals surface area (Å²) in [5.74, 6) is 1.40. The zero-order valence-electron chi connectivity index (χ0n) is 11.9. The van der Waals surface area contributed by atoms with E-state index in [1.807, 2.05) is 6.07 Å². The number of rotatable bonds is 3. The van der Waals surface area contributed by atoms with E-state index < -0.39 is 0 Å². The maximum Gasteiger partial charge on any atom is 0.217 e. The van der Waals surface area contributed by atoms with Crippen molar-refractivity contribution < 1.29 is 4.74 Å². The Morgan fingerprint density at radius 3 is 2.25 bits per heavy atom. The Labute approximate surface area is 119 Å². The molecule has 20 heavy (non-hydrogen) atoms. The maximum atomic E-state index is 9.60. The topological polar surface area (TPSA) is 52.4 Å². The van der Waals surface area contributed by atoms with Gasteiger partial charge in [-0.3, -0.25) is 0 Å². The molecular formula is C15H20N4O. The lowest BCUT2D eigenvalue weighted by Gasteiger charge is -2.24. The van der Waals surface area contributed by atoms with E-state index in [-0.39, 0.29) is 0 Å². The monoisotopic (exact) mass is 272 g/mol. The van der Waals surface area contributed by atoms with Gasteiger partial charge in [0.05, 0.1) is 12.8 Å². The number of hydrogen-bond acceptors (Lipinski definition) is 5. The van der Waals surface area contributed by atoms with Crippen LogP contribution >= 0.6 is 0 Å². The molecule has 2 aliphatic rings. The molecule has 2 aliphatic heterocycles. The minimum atomic E-state index is 0.604. The van der Waals surface area contributed by atoms with Crippen LogP contribution in [0, 0.1) is 11.3 Å². The summed E-state index contributed by atoms with van der Waals surface area (Å²) >= 11 is 0. The lowest BCUT2D eigenvalue weighted by atomic mass is 10.2. The predicted molar refractivity (Wildman–Crippen MR) is 78.4 cm³/mol. The van der Waals surface area contributed by atoms with E-state index in [2.05, 4.69) is 20.9 Å². The van der Waals surface area contributed by atoms with Crippen LogP contribution in [0.15, 0.2) is 6.07 Å². The minimum absolute atomic E-state index is 0.604. The molecule has 2 fully saturated rings. The van der Waals surface area contributed by atoms with E-state index >= 15 is 0 Å². The average molecular weight is 272 g/mol. The number of hydrogen-bond donors (Lipinski definition) is 0. The molecule has 5 heteroatoms. The summed E-state index contributed by atoms with van der Waals surface area (Å²) in [4.78, 5) is 9.02. The third kappa shape index (κ3) is 2.26. The molecule has 0 spiro atoms. The number of methoxy groups -OCH3 is 1. The number of nitrogens with zero attached hydrogens (tertiary/aromatic N) is 4. The molecule has 3 rings (SSSR count). The van der Waals surface area contributed by atoms with E-state index in [4.69, 9.17) is 4.74 Å². The van der Waals surface area contributed by atoms with E-state index in [1.54, 1.807) is 7.11 Å². The van der Waals surface area contributed by atoms with E-state index in [0.29, 0.717) is 11.4 Å². The van der Waals surface area contributed by atoms with Gasteiger partial charge < -0.3 is 14.5 Å². The molecule has 106 valence electrons. The summed E-state index contributed by atoms with van der Waals surface area (Å²) in [5, 5.41) is 9.60. The van der Waals surface area contributed by atoms with Crippen LogP contribution in [0.2, 0.25) is 0 Å². The standard InChI is InChI=1S/C15H20N4O/c1-20-14-10-13(18-6-2-3-7-18)12(11-16)15(17-14)19-8-4-5-9-19/h10H,2-9H2,1H3. The predicted octanol–water partition coefficient (Wildman–Crippen LogP) is 2.16. The van der Waals surface area contributed by atoms with Gasteiger partial charge in [-0.05, 0) is 25.7 Å². The van der Waals surface area contributed by atoms with E-state index in [9.17, 15) is 5.26 Å². The molecule has 5 nitrogen and oxygen atoms in total. The Kier molecular flexibility index (Phi) is 3.64. The SMILES string of the molecule is COc1cc(N2CCCC2)c(C#N)c(N2CCCC2)n1. The van der Waals surface area contributed by atoms with Gasteiger partial charge in [0.2, 0.25) is 5.88 Å². The van der Waals surface area contributed by atoms with Crippen molar-refractivity contribution in [2.75, 3.05) is 43.1 Å². The van der Waals surface area contributed by atoms with Gasteiger partial charge in [-0.25, -0.2) is 0 Å². The molecule has 0 atom stereocenters. The number of pyridine rings is 1. The normalized spacial score (nSPS) is 18.4. The first-order valence-electron chi connectivity index (χ1n) is 7.32. The largest absolute Gasteiger partial charge is 0.481 e. The highest BCUT2D eigenvalue weighted by Gasteiger charge is 2.25. The number of anilines is 2. The number of ether oxygens (including phenoxy) is 1. The molecule has 2 saturated heterocycles. The molecule has 1 aromatic heterocycles. The Morgan fingerprint density at radius 2 is 1.70 bits per heavy atom. The summed E-state index contributed by atoms with van der Waals surface area (Å²) < 4.78 is 5.34. The van der Waals surface area contributed by atoms with Crippen LogP contribution in [0.1, 0.15) is 31.2 Å². The Morgan fingerprint density at radius 1 is 1.10 bits per heavy atom. The molecule has 0 bridgehead atoms. The van der Waals surface area contributed by atoms with Crippen LogP contribution in [0.25, 0.3) is 0 Å². The van der Waals surface area contributed by atoms with Crippen LogP contribution in [-0.4, -0.2) is 38.3 Å². The van der Waals surface area contributed by atoms with Gasteiger partial charge in [0.15, 0.2) is 5.82 Å². The maximum absolute atomic E-state index is 9.60. The van der Waals surface area contributed by atoms with E-state index in [0.717, 1.165) is 37.7 Å². The second-order valence-corrected chi connectivity index (χ2v) is 5.38. The van der Waals surface area contributed by atoms with Crippen LogP contribution in [0.4, 0.5) is 11.5 Å². The number of aromatic nitrogens is 1. The van der Waals surface area contributed by atoms with Gasteiger partial charge in [0.1, 0.15) is 11.6 Å². The quantitative estimate of drug-likeness (QED) is 0.844. The molecule has 3 heterocycles. The van der Waals surface area contributed by atoms with E-state index in [1.165, 1.54) is 25.7 Å². The fourth-order valence-corrected chi connectivity index (χ4v) is 3.07. The lowest BCUT2D eigenvalue weighted by molar-refractivity contribution is 0.398. The Hall–Kier alpha value is -1.96. The van der Waals surface area contributed by atoms with Crippen molar-refractivity contribution in [3.05, 3.63) is 11.6 Å². The first-order chi connectivity index (χ1) is 9.83. The molecule has 0 saturated carbocycles. The van der Waals surface area contributed by atoms with Gasteiger partial charge in [-0.2, -0.15) is 10.2 Å². The highest BCUT2D eigenvalue weighted by atomic mass is 16.5. The molecule has 0 amide bonds. The second-order valence-electron chi connectivity index (χ2n) is 5.38. The second kappa shape index (κ2) is 5.58. The minimum Gasteiger partial charge on any atom is -0.481 e. The number of nitriles is 1. The van der Waals surface area contributed by atoms with Crippen LogP contribution in [-0.2, 0) is 0 Å². The summed E-state index contributed by atoms with van der Waals surface area (Å²) in [6, 6.07) is 4.27. The summed E-state index contributed by atoms with van der Waals surface area (Å²) in [6.45, 7) is 3.99. The Bertz CT molecular complexity index is 488. The summed E-state index contributed by atoms with van der Waals surface area (Å²) in [5.41, 5.74) is 1.69.